The van der Waals surface area contributed by atoms with E-state index < -0.39 is 217 Å². The first-order valence-corrected chi connectivity index (χ1v) is 33.1. The first-order chi connectivity index (χ1) is 44.2. The number of primary amides is 2. The lowest BCUT2D eigenvalue weighted by molar-refractivity contribution is -0.148. The average Bonchev–Trinajstić information content (AvgIpc) is 1.81. The Bertz CT molecular complexity index is 2680. The van der Waals surface area contributed by atoms with Crippen molar-refractivity contribution in [1.82, 2.24) is 63.0 Å². The maximum absolute atomic E-state index is 14.7. The van der Waals surface area contributed by atoms with Gasteiger partial charge in [-0.15, -0.1) is 0 Å². The molecule has 2 aliphatic heterocycles. The van der Waals surface area contributed by atoms with E-state index in [1.165, 1.54) is 20.8 Å². The maximum atomic E-state index is 14.7. The van der Waals surface area contributed by atoms with Crippen LogP contribution in [0.15, 0.2) is 0 Å². The molecule has 17 atom stereocenters. The number of aliphatic hydroxyl groups excluding tert-OH is 4. The maximum Gasteiger partial charge on any atom is 0.248 e. The highest BCUT2D eigenvalue weighted by molar-refractivity contribution is 6.01. The van der Waals surface area contributed by atoms with Crippen molar-refractivity contribution >= 4 is 82.7 Å². The van der Waals surface area contributed by atoms with Crippen LogP contribution < -0.4 is 64.6 Å². The lowest BCUT2D eigenvalue weighted by Crippen LogP contribution is -2.65. The van der Waals surface area contributed by atoms with Crippen LogP contribution in [0.1, 0.15) is 174 Å². The summed E-state index contributed by atoms with van der Waals surface area (Å²) < 4.78 is 0. The Hall–Kier alpha value is -7.58. The summed E-state index contributed by atoms with van der Waals surface area (Å²) in [5.41, 5.74) is 11.0. The smallest absolute Gasteiger partial charge is 0.248 e. The van der Waals surface area contributed by atoms with E-state index in [0.29, 0.717) is 12.8 Å². The molecule has 2 fully saturated rings. The number of hydrogen-bond donors (Lipinski definition) is 16. The zero-order valence-corrected chi connectivity index (χ0v) is 57.9. The van der Waals surface area contributed by atoms with Crippen LogP contribution in [0.25, 0.3) is 0 Å². The second-order valence-corrected chi connectivity index (χ2v) is 26.8. The minimum absolute atomic E-state index is 0.00500. The molecule has 95 heavy (non-hydrogen) atoms. The van der Waals surface area contributed by atoms with Gasteiger partial charge in [0, 0.05) is 32.5 Å². The van der Waals surface area contributed by atoms with E-state index >= 15 is 0 Å². The monoisotopic (exact) mass is 1350 g/mol. The molecule has 0 spiro atoms. The van der Waals surface area contributed by atoms with Gasteiger partial charge in [-0.1, -0.05) is 102 Å². The van der Waals surface area contributed by atoms with Gasteiger partial charge in [0.25, 0.3) is 0 Å². The number of unbranched alkanes of at least 4 members (excludes halogenated alkanes) is 2. The third-order valence-corrected chi connectivity index (χ3v) is 16.9. The van der Waals surface area contributed by atoms with Gasteiger partial charge >= 0.3 is 0 Å². The molecule has 2 aliphatic rings. The molecule has 32 heteroatoms. The van der Waals surface area contributed by atoms with E-state index in [4.69, 9.17) is 11.5 Å². The summed E-state index contributed by atoms with van der Waals surface area (Å²) in [6, 6.07) is -19.0. The highest BCUT2D eigenvalue weighted by Crippen LogP contribution is 2.23. The third kappa shape index (κ3) is 25.8. The molecule has 0 aliphatic carbocycles. The van der Waals surface area contributed by atoms with Crippen LogP contribution in [0.3, 0.4) is 0 Å². The summed E-state index contributed by atoms with van der Waals surface area (Å²) in [6.07, 6.45) is -6.48. The van der Waals surface area contributed by atoms with Crippen LogP contribution in [-0.2, 0) is 67.1 Å². The topological polar surface area (TPSA) is 499 Å². The van der Waals surface area contributed by atoms with Gasteiger partial charge in [-0.2, -0.15) is 0 Å². The summed E-state index contributed by atoms with van der Waals surface area (Å²) >= 11 is 0. The first-order valence-electron chi connectivity index (χ1n) is 33.1. The fourth-order valence-corrected chi connectivity index (χ4v) is 11.1. The van der Waals surface area contributed by atoms with Crippen LogP contribution in [0.5, 0.6) is 0 Å². The molecular formula is C63H110N14O18. The molecule has 0 radical (unpaired) electrons. The lowest BCUT2D eigenvalue weighted by Gasteiger charge is -2.36. The van der Waals surface area contributed by atoms with Gasteiger partial charge < -0.3 is 94.9 Å². The molecular weight excluding hydrogens is 1240 g/mol. The van der Waals surface area contributed by atoms with Crippen molar-refractivity contribution in [3.05, 3.63) is 0 Å². The van der Waals surface area contributed by atoms with Crippen molar-refractivity contribution < 1.29 is 87.5 Å². The highest BCUT2D eigenvalue weighted by Gasteiger charge is 2.45. The Labute approximate surface area is 556 Å². The molecule has 0 bridgehead atoms. The van der Waals surface area contributed by atoms with Gasteiger partial charge in [0.05, 0.1) is 18.3 Å². The van der Waals surface area contributed by atoms with Gasteiger partial charge in [-0.05, 0) is 88.9 Å². The Morgan fingerprint density at radius 1 is 0.537 bits per heavy atom. The number of likely N-dealkylation sites (N-methyl/N-ethyl adjacent to an activating group) is 1. The summed E-state index contributed by atoms with van der Waals surface area (Å²) in [4.78, 5) is 199. The summed E-state index contributed by atoms with van der Waals surface area (Å²) in [7, 11) is 1.15. The van der Waals surface area contributed by atoms with Gasteiger partial charge in [0.2, 0.25) is 82.7 Å². The fourth-order valence-electron chi connectivity index (χ4n) is 11.1. The predicted molar refractivity (Wildman–Crippen MR) is 346 cm³/mol. The second kappa shape index (κ2) is 39.5. The van der Waals surface area contributed by atoms with Crippen LogP contribution in [-0.4, -0.2) is 223 Å². The molecule has 2 saturated heterocycles. The normalized spacial score (nSPS) is 28.1. The Morgan fingerprint density at radius 3 is 1.54 bits per heavy atom. The third-order valence-electron chi connectivity index (χ3n) is 16.9. The molecule has 0 aromatic heterocycles. The van der Waals surface area contributed by atoms with Crippen LogP contribution in [0.4, 0.5) is 0 Å². The molecule has 18 N–H and O–H groups in total. The number of aliphatic hydroxyl groups is 4. The van der Waals surface area contributed by atoms with Crippen molar-refractivity contribution in [2.24, 2.45) is 41.1 Å². The summed E-state index contributed by atoms with van der Waals surface area (Å²) in [5, 5.41) is 69.9. The van der Waals surface area contributed by atoms with Crippen LogP contribution >= 0.6 is 0 Å². The number of nitrogens with one attached hydrogen (secondary N) is 10. The number of rotatable bonds is 20. The van der Waals surface area contributed by atoms with Gasteiger partial charge in [-0.25, -0.2) is 0 Å². The van der Waals surface area contributed by atoms with Crippen molar-refractivity contribution in [2.75, 3.05) is 13.6 Å². The van der Waals surface area contributed by atoms with Gasteiger partial charge in [0.1, 0.15) is 66.5 Å². The number of carbonyl (C=O) groups is 14. The Morgan fingerprint density at radius 2 is 1.03 bits per heavy atom. The number of nitrogens with two attached hydrogens (primary N) is 2. The predicted octanol–water partition coefficient (Wildman–Crippen LogP) is -3.66. The molecule has 2 rings (SSSR count). The molecule has 540 valence electrons. The minimum Gasteiger partial charge on any atom is -0.391 e. The van der Waals surface area contributed by atoms with E-state index in [1.807, 2.05) is 6.92 Å². The summed E-state index contributed by atoms with van der Waals surface area (Å²) in [5.74, 6) is -17.3. The number of nitrogens with zero attached hydrogens (tertiary/aromatic N) is 2. The zero-order chi connectivity index (χ0) is 72.6. The number of fused-ring (bicyclic) bond motifs is 1. The zero-order valence-electron chi connectivity index (χ0n) is 57.9. The van der Waals surface area contributed by atoms with Gasteiger partial charge in [0.15, 0.2) is 6.10 Å². The first kappa shape index (κ1) is 83.5. The number of hydrogen-bond acceptors (Lipinski definition) is 18. The van der Waals surface area contributed by atoms with Crippen molar-refractivity contribution in [3.63, 3.8) is 0 Å². The van der Waals surface area contributed by atoms with E-state index in [0.717, 1.165) is 30.2 Å². The molecule has 17 unspecified atom stereocenters. The summed E-state index contributed by atoms with van der Waals surface area (Å²) in [6.45, 7) is 21.8. The Balaban J connectivity index is 2.95. The van der Waals surface area contributed by atoms with Crippen molar-refractivity contribution in [1.29, 1.82) is 0 Å². The standard InChI is InChI=1S/C63H110N14O18/c1-16-18-19-21-37-28-43(81)71-44(31(7)8)57(89)74-47(50(82)32(9)10)59(91)66-34(12)53(85)69-39(26-29(3)4)54(86)68-38(23-24-42(64)80)62(94)76(15)49(33(11)17-2)61(93)75-48(51(83)52(65)84)60(92)73-46(36(14)79)63(95)77-25-20-22-41(77)56(88)70-40(27-30(5)6)55(87)72-45(35(13)78)58(90)67-37/h29-41,44-51,78-79,82-83H,16-28H2,1-15H3,(H2,64,80)(H2,65,84)(H,66,91)(H,67,90)(H,68,86)(H,69,85)(H,70,88)(H,71,81)(H,72,87)(H,73,92)(H,74,89)(H,75,93). The fraction of sp³-hybridized carbons (Fsp3) is 0.778. The molecule has 0 saturated carbocycles. The number of carbonyl (C=O) groups excluding carboxylic acids is 14. The number of amides is 14. The van der Waals surface area contributed by atoms with E-state index in [2.05, 4.69) is 53.2 Å². The molecule has 2 heterocycles. The van der Waals surface area contributed by atoms with Gasteiger partial charge in [-0.3, -0.25) is 67.1 Å². The van der Waals surface area contributed by atoms with E-state index in [9.17, 15) is 87.5 Å². The quantitative estimate of drug-likeness (QED) is 0.0523. The molecule has 0 aromatic carbocycles. The van der Waals surface area contributed by atoms with Crippen molar-refractivity contribution in [2.45, 2.75) is 271 Å². The average molecular weight is 1350 g/mol. The molecule has 14 amide bonds. The Kier molecular flexibility index (Phi) is 34.7. The van der Waals surface area contributed by atoms with E-state index in [-0.39, 0.29) is 56.9 Å². The van der Waals surface area contributed by atoms with Crippen LogP contribution in [0, 0.1) is 29.6 Å². The van der Waals surface area contributed by atoms with Crippen LogP contribution in [0.2, 0.25) is 0 Å². The lowest BCUT2D eigenvalue weighted by atomic mass is 9.95. The largest absolute Gasteiger partial charge is 0.391 e. The second-order valence-electron chi connectivity index (χ2n) is 26.8. The van der Waals surface area contributed by atoms with E-state index in [1.54, 1.807) is 62.3 Å². The highest BCUT2D eigenvalue weighted by atomic mass is 16.3. The SMILES string of the molecule is CCCCCC1CC(=O)NC(C(C)C)C(=O)NC(C(O)C(C)C)C(=O)NC(C)C(=O)NC(CC(C)C)C(=O)NC(CCC(N)=O)C(=O)N(C)C(C(C)CC)C(=O)NC(C(O)C(N)=O)C(=O)NC(C(C)O)C(=O)N2CCCC2C(=O)NC(CC(C)C)C(=O)NC(C(C)O)C(=O)N1. The molecule has 32 nitrogen and oxygen atoms in total. The minimum atomic E-state index is -2.53. The molecule has 0 aromatic rings. The van der Waals surface area contributed by atoms with Crippen molar-refractivity contribution in [3.8, 4) is 0 Å².